The average Bonchev–Trinajstić information content (AvgIpc) is 1.98. The number of aliphatic hydroxyl groups excluding tert-OH is 1. The number of aliphatic hydroxyl groups is 1. The lowest BCUT2D eigenvalue weighted by atomic mass is 9.99. The molecule has 0 amide bonds. The second-order valence-electron chi connectivity index (χ2n) is 2.47. The molecule has 0 aromatic heterocycles. The Hall–Kier alpha value is -1.09. The summed E-state index contributed by atoms with van der Waals surface area (Å²) in [7, 11) is 0. The average molecular weight is 153 g/mol. The number of ketones is 1. The van der Waals surface area contributed by atoms with E-state index in [0.717, 1.165) is 0 Å². The van der Waals surface area contributed by atoms with Crippen LogP contribution < -0.4 is 5.73 Å². The SMILES string of the molecule is NC1=CCC(=O)C(CCO)=C1. The zero-order valence-corrected chi connectivity index (χ0v) is 6.21. The minimum Gasteiger partial charge on any atom is -0.399 e. The second-order valence-corrected chi connectivity index (χ2v) is 2.47. The molecule has 1 aliphatic carbocycles. The molecule has 1 aliphatic rings. The lowest BCUT2D eigenvalue weighted by molar-refractivity contribution is -0.115. The topological polar surface area (TPSA) is 63.3 Å². The molecular weight excluding hydrogens is 142 g/mol. The van der Waals surface area contributed by atoms with Crippen LogP contribution in [-0.2, 0) is 4.79 Å². The summed E-state index contributed by atoms with van der Waals surface area (Å²) in [5.41, 5.74) is 6.72. The first kappa shape index (κ1) is 8.01. The number of carbonyl (C=O) groups excluding carboxylic acids is 1. The normalized spacial score (nSPS) is 17.7. The van der Waals surface area contributed by atoms with Gasteiger partial charge in [-0.2, -0.15) is 0 Å². The van der Waals surface area contributed by atoms with Crippen molar-refractivity contribution in [2.24, 2.45) is 5.73 Å². The smallest absolute Gasteiger partial charge is 0.162 e. The Balaban J connectivity index is 2.72. The predicted molar refractivity (Wildman–Crippen MR) is 41.7 cm³/mol. The van der Waals surface area contributed by atoms with Gasteiger partial charge < -0.3 is 10.8 Å². The fourth-order valence-electron chi connectivity index (χ4n) is 1.01. The van der Waals surface area contributed by atoms with Crippen LogP contribution in [0.2, 0.25) is 0 Å². The third-order valence-corrected chi connectivity index (χ3v) is 1.60. The highest BCUT2D eigenvalue weighted by molar-refractivity contribution is 5.97. The van der Waals surface area contributed by atoms with Crippen molar-refractivity contribution >= 4 is 5.78 Å². The maximum absolute atomic E-state index is 11.1. The first-order valence-corrected chi connectivity index (χ1v) is 3.54. The summed E-state index contributed by atoms with van der Waals surface area (Å²) in [4.78, 5) is 11.1. The molecule has 60 valence electrons. The number of allylic oxidation sites excluding steroid dienone is 2. The van der Waals surface area contributed by atoms with Crippen LogP contribution in [-0.4, -0.2) is 17.5 Å². The molecule has 0 bridgehead atoms. The van der Waals surface area contributed by atoms with Gasteiger partial charge in [0.15, 0.2) is 5.78 Å². The van der Waals surface area contributed by atoms with Gasteiger partial charge in [0.2, 0.25) is 0 Å². The fraction of sp³-hybridized carbons (Fsp3) is 0.375. The highest BCUT2D eigenvalue weighted by Crippen LogP contribution is 2.13. The Bertz CT molecular complexity index is 228. The van der Waals surface area contributed by atoms with Gasteiger partial charge in [-0.15, -0.1) is 0 Å². The van der Waals surface area contributed by atoms with Crippen molar-refractivity contribution in [1.29, 1.82) is 0 Å². The Morgan fingerprint density at radius 3 is 3.00 bits per heavy atom. The van der Waals surface area contributed by atoms with E-state index in [1.165, 1.54) is 0 Å². The van der Waals surface area contributed by atoms with E-state index >= 15 is 0 Å². The lowest BCUT2D eigenvalue weighted by Gasteiger charge is -2.08. The highest BCUT2D eigenvalue weighted by atomic mass is 16.3. The van der Waals surface area contributed by atoms with E-state index in [0.29, 0.717) is 24.1 Å². The molecule has 0 aromatic rings. The molecule has 0 atom stereocenters. The molecule has 0 heterocycles. The summed E-state index contributed by atoms with van der Waals surface area (Å²) in [6, 6.07) is 0. The van der Waals surface area contributed by atoms with Gasteiger partial charge >= 0.3 is 0 Å². The molecule has 1 rings (SSSR count). The molecule has 0 aromatic carbocycles. The van der Waals surface area contributed by atoms with Gasteiger partial charge in [0, 0.05) is 18.7 Å². The van der Waals surface area contributed by atoms with Gasteiger partial charge in [-0.1, -0.05) is 6.08 Å². The Morgan fingerprint density at radius 1 is 1.64 bits per heavy atom. The van der Waals surface area contributed by atoms with Crippen LogP contribution in [0.15, 0.2) is 23.4 Å². The summed E-state index contributed by atoms with van der Waals surface area (Å²) >= 11 is 0. The molecule has 0 unspecified atom stereocenters. The van der Waals surface area contributed by atoms with Crippen LogP contribution in [0.5, 0.6) is 0 Å². The standard InChI is InChI=1S/C8H11NO2/c9-7-1-2-8(11)6(5-7)3-4-10/h1,5,10H,2-4,9H2. The molecule has 0 saturated carbocycles. The fourth-order valence-corrected chi connectivity index (χ4v) is 1.01. The zero-order chi connectivity index (χ0) is 8.27. The van der Waals surface area contributed by atoms with Crippen molar-refractivity contribution in [3.8, 4) is 0 Å². The molecular formula is C8H11NO2. The van der Waals surface area contributed by atoms with Crippen molar-refractivity contribution < 1.29 is 9.90 Å². The van der Waals surface area contributed by atoms with Crippen LogP contribution in [0.4, 0.5) is 0 Å². The highest BCUT2D eigenvalue weighted by Gasteiger charge is 2.11. The number of Topliss-reactive ketones (excluding diaryl/α,β-unsaturated/α-hetero) is 1. The molecule has 0 radical (unpaired) electrons. The summed E-state index contributed by atoms with van der Waals surface area (Å²) in [6.45, 7) is 0.00481. The van der Waals surface area contributed by atoms with E-state index in [2.05, 4.69) is 0 Å². The van der Waals surface area contributed by atoms with Gasteiger partial charge in [-0.05, 0) is 18.1 Å². The molecule has 3 heteroatoms. The molecule has 0 spiro atoms. The molecule has 3 N–H and O–H groups in total. The number of hydrogen-bond acceptors (Lipinski definition) is 3. The zero-order valence-electron chi connectivity index (χ0n) is 6.21. The maximum Gasteiger partial charge on any atom is 0.162 e. The summed E-state index contributed by atoms with van der Waals surface area (Å²) in [5, 5.41) is 8.57. The molecule has 0 aliphatic heterocycles. The lowest BCUT2D eigenvalue weighted by Crippen LogP contribution is -2.10. The van der Waals surface area contributed by atoms with Gasteiger partial charge in [-0.3, -0.25) is 4.79 Å². The summed E-state index contributed by atoms with van der Waals surface area (Å²) in [5.74, 6) is 0.0632. The minimum absolute atomic E-state index is 0.00481. The van der Waals surface area contributed by atoms with E-state index in [1.54, 1.807) is 12.2 Å². The molecule has 3 nitrogen and oxygen atoms in total. The van der Waals surface area contributed by atoms with Crippen molar-refractivity contribution in [3.05, 3.63) is 23.4 Å². The number of carbonyl (C=O) groups is 1. The van der Waals surface area contributed by atoms with Crippen LogP contribution in [0.1, 0.15) is 12.8 Å². The van der Waals surface area contributed by atoms with E-state index in [-0.39, 0.29) is 12.4 Å². The number of nitrogens with two attached hydrogens (primary N) is 1. The Labute approximate surface area is 65.2 Å². The van der Waals surface area contributed by atoms with Crippen LogP contribution in [0, 0.1) is 0 Å². The number of hydrogen-bond donors (Lipinski definition) is 2. The molecule has 11 heavy (non-hydrogen) atoms. The van der Waals surface area contributed by atoms with E-state index in [1.807, 2.05) is 0 Å². The van der Waals surface area contributed by atoms with Crippen LogP contribution in [0.3, 0.4) is 0 Å². The largest absolute Gasteiger partial charge is 0.399 e. The first-order chi connectivity index (χ1) is 5.24. The van der Waals surface area contributed by atoms with E-state index < -0.39 is 0 Å². The van der Waals surface area contributed by atoms with Crippen LogP contribution >= 0.6 is 0 Å². The van der Waals surface area contributed by atoms with E-state index in [4.69, 9.17) is 10.8 Å². The van der Waals surface area contributed by atoms with Gasteiger partial charge in [0.25, 0.3) is 0 Å². The van der Waals surface area contributed by atoms with Gasteiger partial charge in [0.05, 0.1) is 0 Å². The Kier molecular flexibility index (Phi) is 2.44. The molecule has 0 saturated heterocycles. The second kappa shape index (κ2) is 3.34. The van der Waals surface area contributed by atoms with Crippen molar-refractivity contribution in [1.82, 2.24) is 0 Å². The first-order valence-electron chi connectivity index (χ1n) is 3.54. The summed E-state index contributed by atoms with van der Waals surface area (Å²) < 4.78 is 0. The molecule has 0 fully saturated rings. The third-order valence-electron chi connectivity index (χ3n) is 1.60. The van der Waals surface area contributed by atoms with Crippen LogP contribution in [0.25, 0.3) is 0 Å². The third kappa shape index (κ3) is 1.91. The van der Waals surface area contributed by atoms with Gasteiger partial charge in [0.1, 0.15) is 0 Å². The monoisotopic (exact) mass is 153 g/mol. The number of rotatable bonds is 2. The summed E-state index contributed by atoms with van der Waals surface area (Å²) in [6.07, 6.45) is 4.09. The van der Waals surface area contributed by atoms with Crippen molar-refractivity contribution in [2.75, 3.05) is 6.61 Å². The minimum atomic E-state index is 0.00481. The quantitative estimate of drug-likeness (QED) is 0.591. The van der Waals surface area contributed by atoms with E-state index in [9.17, 15) is 4.79 Å². The maximum atomic E-state index is 11.1. The van der Waals surface area contributed by atoms with Crippen molar-refractivity contribution in [2.45, 2.75) is 12.8 Å². The Morgan fingerprint density at radius 2 is 2.36 bits per heavy atom. The van der Waals surface area contributed by atoms with Gasteiger partial charge in [-0.25, -0.2) is 0 Å². The predicted octanol–water partition coefficient (Wildman–Crippen LogP) is 0.111. The van der Waals surface area contributed by atoms with Crippen molar-refractivity contribution in [3.63, 3.8) is 0 Å².